The smallest absolute Gasteiger partial charge is 0.264 e. The molecule has 0 heterocycles. The molecule has 0 atom stereocenters. The average molecular weight is 557 g/mol. The van der Waals surface area contributed by atoms with E-state index in [0.29, 0.717) is 27.3 Å². The Morgan fingerprint density at radius 3 is 2.31 bits per heavy atom. The van der Waals surface area contributed by atoms with Crippen LogP contribution >= 0.6 is 35.0 Å². The van der Waals surface area contributed by atoms with Crippen LogP contribution in [-0.4, -0.2) is 40.3 Å². The Morgan fingerprint density at radius 1 is 1.03 bits per heavy atom. The molecule has 0 aliphatic heterocycles. The topological polar surface area (TPSA) is 75.7 Å². The van der Waals surface area contributed by atoms with Crippen molar-refractivity contribution in [2.45, 2.75) is 10.6 Å². The fourth-order valence-electron chi connectivity index (χ4n) is 3.12. The van der Waals surface area contributed by atoms with Crippen LogP contribution in [0.3, 0.4) is 0 Å². The number of nitrogens with one attached hydrogen (secondary N) is 1. The van der Waals surface area contributed by atoms with Crippen molar-refractivity contribution < 1.29 is 22.3 Å². The van der Waals surface area contributed by atoms with Gasteiger partial charge in [0.2, 0.25) is 5.91 Å². The van der Waals surface area contributed by atoms with Gasteiger partial charge in [0.05, 0.1) is 17.7 Å². The van der Waals surface area contributed by atoms with E-state index in [0.717, 1.165) is 15.9 Å². The van der Waals surface area contributed by atoms with E-state index in [-0.39, 0.29) is 17.1 Å². The highest BCUT2D eigenvalue weighted by molar-refractivity contribution is 7.98. The predicted octanol–water partition coefficient (Wildman–Crippen LogP) is 5.39. The van der Waals surface area contributed by atoms with Crippen molar-refractivity contribution >= 4 is 56.6 Å². The van der Waals surface area contributed by atoms with E-state index in [2.05, 4.69) is 5.32 Å². The van der Waals surface area contributed by atoms with Crippen LogP contribution in [0.1, 0.15) is 5.56 Å². The quantitative estimate of drug-likeness (QED) is 0.320. The van der Waals surface area contributed by atoms with Crippen LogP contribution in [0.4, 0.5) is 10.1 Å². The van der Waals surface area contributed by atoms with Gasteiger partial charge >= 0.3 is 0 Å². The second kappa shape index (κ2) is 12.5. The molecule has 0 aromatic heterocycles. The highest BCUT2D eigenvalue weighted by Crippen LogP contribution is 2.29. The minimum Gasteiger partial charge on any atom is -0.497 e. The molecule has 0 unspecified atom stereocenters. The Kier molecular flexibility index (Phi) is 9.68. The van der Waals surface area contributed by atoms with Crippen molar-refractivity contribution in [3.63, 3.8) is 0 Å². The molecule has 11 heteroatoms. The number of methoxy groups -OCH3 is 1. The number of benzene rings is 3. The molecule has 186 valence electrons. The number of anilines is 1. The lowest BCUT2D eigenvalue weighted by Gasteiger charge is -2.24. The van der Waals surface area contributed by atoms with E-state index in [4.69, 9.17) is 27.9 Å². The Morgan fingerprint density at radius 2 is 1.69 bits per heavy atom. The number of carbonyl (C=O) groups excluding carboxylic acids is 1. The summed E-state index contributed by atoms with van der Waals surface area (Å²) in [5.74, 6) is 0.237. The Labute approximate surface area is 218 Å². The Balaban J connectivity index is 1.67. The van der Waals surface area contributed by atoms with Gasteiger partial charge in [0.15, 0.2) is 0 Å². The lowest BCUT2D eigenvalue weighted by Crippen LogP contribution is -2.41. The number of ether oxygens (including phenoxy) is 1. The Bertz CT molecular complexity index is 1250. The zero-order chi connectivity index (χ0) is 25.4. The molecule has 3 aromatic carbocycles. The van der Waals surface area contributed by atoms with Crippen molar-refractivity contribution in [1.29, 1.82) is 0 Å². The van der Waals surface area contributed by atoms with Gasteiger partial charge in [-0.05, 0) is 54.1 Å². The summed E-state index contributed by atoms with van der Waals surface area (Å²) in [5, 5.41) is 3.82. The second-order valence-corrected chi connectivity index (χ2v) is 11.0. The molecule has 0 aliphatic carbocycles. The van der Waals surface area contributed by atoms with Gasteiger partial charge in [-0.3, -0.25) is 9.10 Å². The summed E-state index contributed by atoms with van der Waals surface area (Å²) in [6.07, 6.45) is 0. The first-order valence-corrected chi connectivity index (χ1v) is 13.8. The molecule has 1 N–H and O–H groups in total. The number of rotatable bonds is 11. The lowest BCUT2D eigenvalue weighted by molar-refractivity contribution is -0.119. The first-order chi connectivity index (χ1) is 16.7. The number of halogens is 3. The molecule has 0 saturated carbocycles. The SMILES string of the molecule is COc1ccc(S(=O)(=O)N(CC(=O)NCCSCc2c(Cl)cccc2Cl)c2ccccc2F)cc1. The largest absolute Gasteiger partial charge is 0.497 e. The summed E-state index contributed by atoms with van der Waals surface area (Å²) in [6.45, 7) is -0.310. The molecule has 0 bridgehead atoms. The molecule has 0 radical (unpaired) electrons. The van der Waals surface area contributed by atoms with Gasteiger partial charge < -0.3 is 10.1 Å². The molecule has 0 spiro atoms. The number of para-hydroxylation sites is 1. The zero-order valence-electron chi connectivity index (χ0n) is 18.7. The Hall–Kier alpha value is -2.46. The number of sulfonamides is 1. The van der Waals surface area contributed by atoms with Gasteiger partial charge in [0, 0.05) is 28.1 Å². The summed E-state index contributed by atoms with van der Waals surface area (Å²) in [5.41, 5.74) is 0.588. The maximum absolute atomic E-state index is 14.6. The van der Waals surface area contributed by atoms with E-state index in [9.17, 15) is 17.6 Å². The first kappa shape index (κ1) is 27.1. The van der Waals surface area contributed by atoms with Gasteiger partial charge in [-0.15, -0.1) is 0 Å². The van der Waals surface area contributed by atoms with Crippen LogP contribution in [0.15, 0.2) is 71.6 Å². The third kappa shape index (κ3) is 7.04. The van der Waals surface area contributed by atoms with Gasteiger partial charge in [0.1, 0.15) is 18.1 Å². The van der Waals surface area contributed by atoms with E-state index in [1.165, 1.54) is 61.3 Å². The maximum Gasteiger partial charge on any atom is 0.264 e. The number of carbonyl (C=O) groups is 1. The predicted molar refractivity (Wildman–Crippen MR) is 140 cm³/mol. The monoisotopic (exact) mass is 556 g/mol. The molecule has 35 heavy (non-hydrogen) atoms. The maximum atomic E-state index is 14.6. The fraction of sp³-hybridized carbons (Fsp3) is 0.208. The van der Waals surface area contributed by atoms with Crippen molar-refractivity contribution in [2.24, 2.45) is 0 Å². The van der Waals surface area contributed by atoms with Crippen molar-refractivity contribution in [2.75, 3.05) is 30.3 Å². The third-order valence-corrected chi connectivity index (χ3v) is 8.40. The molecule has 0 saturated heterocycles. The molecule has 1 amide bonds. The second-order valence-electron chi connectivity index (χ2n) is 7.24. The van der Waals surface area contributed by atoms with Crippen molar-refractivity contribution in [3.8, 4) is 5.75 Å². The summed E-state index contributed by atoms with van der Waals surface area (Å²) in [4.78, 5) is 12.6. The number of nitrogens with zero attached hydrogens (tertiary/aromatic N) is 1. The van der Waals surface area contributed by atoms with E-state index in [1.807, 2.05) is 0 Å². The number of thioether (sulfide) groups is 1. The van der Waals surface area contributed by atoms with Gasteiger partial charge in [-0.25, -0.2) is 12.8 Å². The van der Waals surface area contributed by atoms with Gasteiger partial charge in [0.25, 0.3) is 10.0 Å². The van der Waals surface area contributed by atoms with Crippen LogP contribution in [0.2, 0.25) is 10.0 Å². The summed E-state index contributed by atoms with van der Waals surface area (Å²) in [7, 11) is -2.78. The van der Waals surface area contributed by atoms with Crippen molar-refractivity contribution in [3.05, 3.63) is 88.2 Å². The van der Waals surface area contributed by atoms with Crippen LogP contribution < -0.4 is 14.4 Å². The fourth-order valence-corrected chi connectivity index (χ4v) is 6.15. The van der Waals surface area contributed by atoms with Crippen LogP contribution in [0, 0.1) is 5.82 Å². The van der Waals surface area contributed by atoms with Crippen molar-refractivity contribution in [1.82, 2.24) is 5.32 Å². The molecule has 3 rings (SSSR count). The first-order valence-electron chi connectivity index (χ1n) is 10.4. The van der Waals surface area contributed by atoms with E-state index < -0.39 is 28.3 Å². The standard InChI is InChI=1S/C24H23Cl2FN2O4S2/c1-33-17-9-11-18(12-10-17)35(31,32)29(23-8-3-2-7-22(23)27)15-24(30)28-13-14-34-16-19-20(25)5-4-6-21(19)26/h2-12H,13-16H2,1H3,(H,28,30). The van der Waals surface area contributed by atoms with Crippen LogP contribution in [-0.2, 0) is 20.6 Å². The molecule has 0 fully saturated rings. The average Bonchev–Trinajstić information content (AvgIpc) is 2.84. The van der Waals surface area contributed by atoms with Crippen LogP contribution in [0.5, 0.6) is 5.75 Å². The normalized spacial score (nSPS) is 11.2. The highest BCUT2D eigenvalue weighted by Gasteiger charge is 2.29. The lowest BCUT2D eigenvalue weighted by atomic mass is 10.2. The van der Waals surface area contributed by atoms with Gasteiger partial charge in [-0.2, -0.15) is 11.8 Å². The summed E-state index contributed by atoms with van der Waals surface area (Å²) >= 11 is 13.8. The highest BCUT2D eigenvalue weighted by atomic mass is 35.5. The zero-order valence-corrected chi connectivity index (χ0v) is 21.9. The summed E-state index contributed by atoms with van der Waals surface area (Å²) in [6, 6.07) is 16.3. The number of hydrogen-bond acceptors (Lipinski definition) is 5. The van der Waals surface area contributed by atoms with Crippen LogP contribution in [0.25, 0.3) is 0 Å². The minimum atomic E-state index is -4.24. The summed E-state index contributed by atoms with van der Waals surface area (Å²) < 4.78 is 47.0. The molecular weight excluding hydrogens is 534 g/mol. The number of hydrogen-bond donors (Lipinski definition) is 1. The van der Waals surface area contributed by atoms with E-state index >= 15 is 0 Å². The minimum absolute atomic E-state index is 0.0958. The molecular formula is C24H23Cl2FN2O4S2. The number of amides is 1. The molecule has 0 aliphatic rings. The molecule has 3 aromatic rings. The molecule has 6 nitrogen and oxygen atoms in total. The third-order valence-electron chi connectivity index (χ3n) is 4.93. The van der Waals surface area contributed by atoms with E-state index in [1.54, 1.807) is 18.2 Å². The van der Waals surface area contributed by atoms with Gasteiger partial charge in [-0.1, -0.05) is 41.4 Å².